The SMILES string of the molecule is Cc1cc(N)ccc1OCc1sc2ccccc2c1Cl. The van der Waals surface area contributed by atoms with E-state index in [1.165, 1.54) is 4.70 Å². The van der Waals surface area contributed by atoms with Gasteiger partial charge in [0.1, 0.15) is 12.4 Å². The van der Waals surface area contributed by atoms with E-state index in [4.69, 9.17) is 22.1 Å². The third-order valence-corrected chi connectivity index (χ3v) is 4.85. The Balaban J connectivity index is 1.85. The van der Waals surface area contributed by atoms with Crippen LogP contribution in [-0.4, -0.2) is 0 Å². The lowest BCUT2D eigenvalue weighted by molar-refractivity contribution is 0.308. The first kappa shape index (κ1) is 13.3. The molecule has 2 N–H and O–H groups in total. The average molecular weight is 304 g/mol. The summed E-state index contributed by atoms with van der Waals surface area (Å²) in [6.07, 6.45) is 0. The van der Waals surface area contributed by atoms with Gasteiger partial charge in [-0.1, -0.05) is 29.8 Å². The summed E-state index contributed by atoms with van der Waals surface area (Å²) in [7, 11) is 0. The number of nitrogen functional groups attached to an aromatic ring is 1. The third kappa shape index (κ3) is 2.47. The predicted molar refractivity (Wildman–Crippen MR) is 86.8 cm³/mol. The van der Waals surface area contributed by atoms with Gasteiger partial charge >= 0.3 is 0 Å². The molecule has 20 heavy (non-hydrogen) atoms. The fraction of sp³-hybridized carbons (Fsp3) is 0.125. The molecule has 4 heteroatoms. The number of hydrogen-bond acceptors (Lipinski definition) is 3. The molecule has 0 saturated carbocycles. The molecule has 1 aromatic heterocycles. The maximum atomic E-state index is 6.40. The van der Waals surface area contributed by atoms with E-state index in [2.05, 4.69) is 6.07 Å². The molecule has 0 radical (unpaired) electrons. The molecule has 0 unspecified atom stereocenters. The van der Waals surface area contributed by atoms with Crippen LogP contribution in [0.15, 0.2) is 42.5 Å². The quantitative estimate of drug-likeness (QED) is 0.689. The van der Waals surface area contributed by atoms with Crippen molar-refractivity contribution < 1.29 is 4.74 Å². The second kappa shape index (κ2) is 5.35. The van der Waals surface area contributed by atoms with Crippen LogP contribution in [-0.2, 0) is 6.61 Å². The number of aryl methyl sites for hydroxylation is 1. The van der Waals surface area contributed by atoms with Crippen LogP contribution in [0.1, 0.15) is 10.4 Å². The molecule has 1 heterocycles. The van der Waals surface area contributed by atoms with E-state index in [9.17, 15) is 0 Å². The van der Waals surface area contributed by atoms with Gasteiger partial charge in [0.25, 0.3) is 0 Å². The van der Waals surface area contributed by atoms with Crippen molar-refractivity contribution in [3.8, 4) is 5.75 Å². The van der Waals surface area contributed by atoms with Gasteiger partial charge < -0.3 is 10.5 Å². The maximum Gasteiger partial charge on any atom is 0.124 e. The van der Waals surface area contributed by atoms with Crippen molar-refractivity contribution in [3.05, 3.63) is 57.9 Å². The number of fused-ring (bicyclic) bond motifs is 1. The van der Waals surface area contributed by atoms with Crippen LogP contribution in [0.4, 0.5) is 5.69 Å². The minimum Gasteiger partial charge on any atom is -0.488 e. The first-order valence-electron chi connectivity index (χ1n) is 6.30. The topological polar surface area (TPSA) is 35.2 Å². The molecule has 0 bridgehead atoms. The largest absolute Gasteiger partial charge is 0.488 e. The van der Waals surface area contributed by atoms with Gasteiger partial charge in [0.05, 0.1) is 9.90 Å². The minimum atomic E-state index is 0.475. The zero-order chi connectivity index (χ0) is 14.1. The number of hydrogen-bond donors (Lipinski definition) is 1. The zero-order valence-electron chi connectivity index (χ0n) is 11.0. The molecule has 0 atom stereocenters. The monoisotopic (exact) mass is 303 g/mol. The van der Waals surface area contributed by atoms with Crippen LogP contribution < -0.4 is 10.5 Å². The Morgan fingerprint density at radius 1 is 1.20 bits per heavy atom. The molecular formula is C16H14ClNOS. The van der Waals surface area contributed by atoms with Gasteiger partial charge in [-0.3, -0.25) is 0 Å². The molecular weight excluding hydrogens is 290 g/mol. The molecule has 3 aromatic rings. The standard InChI is InChI=1S/C16H14ClNOS/c1-10-8-11(18)6-7-13(10)19-9-15-16(17)12-4-2-3-5-14(12)20-15/h2-8H,9,18H2,1H3. The van der Waals surface area contributed by atoms with Crippen molar-refractivity contribution in [1.82, 2.24) is 0 Å². The Morgan fingerprint density at radius 3 is 2.75 bits per heavy atom. The van der Waals surface area contributed by atoms with Crippen molar-refractivity contribution in [2.75, 3.05) is 5.73 Å². The molecule has 2 nitrogen and oxygen atoms in total. The molecule has 3 rings (SSSR count). The number of rotatable bonds is 3. The van der Waals surface area contributed by atoms with Crippen molar-refractivity contribution in [2.45, 2.75) is 13.5 Å². The van der Waals surface area contributed by atoms with Crippen molar-refractivity contribution in [3.63, 3.8) is 0 Å². The van der Waals surface area contributed by atoms with E-state index in [1.54, 1.807) is 11.3 Å². The van der Waals surface area contributed by atoms with E-state index < -0.39 is 0 Å². The highest BCUT2D eigenvalue weighted by Crippen LogP contribution is 2.36. The lowest BCUT2D eigenvalue weighted by atomic mass is 10.2. The Kier molecular flexibility index (Phi) is 3.55. The maximum absolute atomic E-state index is 6.40. The Bertz CT molecular complexity index is 766. The number of nitrogens with two attached hydrogens (primary N) is 1. The van der Waals surface area contributed by atoms with Gasteiger partial charge in [0.15, 0.2) is 0 Å². The van der Waals surface area contributed by atoms with Gasteiger partial charge in [-0.15, -0.1) is 11.3 Å². The van der Waals surface area contributed by atoms with E-state index >= 15 is 0 Å². The second-order valence-corrected chi connectivity index (χ2v) is 6.16. The van der Waals surface area contributed by atoms with Crippen LogP contribution in [0.2, 0.25) is 5.02 Å². The molecule has 0 aliphatic heterocycles. The van der Waals surface area contributed by atoms with E-state index in [0.717, 1.165) is 32.3 Å². The highest BCUT2D eigenvalue weighted by Gasteiger charge is 2.10. The second-order valence-electron chi connectivity index (χ2n) is 4.65. The molecule has 0 amide bonds. The molecule has 0 aliphatic rings. The summed E-state index contributed by atoms with van der Waals surface area (Å²) >= 11 is 8.07. The molecule has 0 aliphatic carbocycles. The first-order valence-corrected chi connectivity index (χ1v) is 7.49. The van der Waals surface area contributed by atoms with Gasteiger partial charge in [-0.05, 0) is 36.8 Å². The van der Waals surface area contributed by atoms with Gasteiger partial charge in [0.2, 0.25) is 0 Å². The predicted octanol–water partition coefficient (Wildman–Crippen LogP) is 5.02. The minimum absolute atomic E-state index is 0.475. The first-order chi connectivity index (χ1) is 9.65. The fourth-order valence-corrected chi connectivity index (χ4v) is 3.54. The van der Waals surface area contributed by atoms with Crippen molar-refractivity contribution >= 4 is 38.7 Å². The molecule has 0 spiro atoms. The summed E-state index contributed by atoms with van der Waals surface area (Å²) < 4.78 is 7.04. The van der Waals surface area contributed by atoms with Crippen LogP contribution in [0.5, 0.6) is 5.75 Å². The third-order valence-electron chi connectivity index (χ3n) is 3.16. The van der Waals surface area contributed by atoms with Crippen molar-refractivity contribution in [2.24, 2.45) is 0 Å². The van der Waals surface area contributed by atoms with Crippen LogP contribution in [0.3, 0.4) is 0 Å². The van der Waals surface area contributed by atoms with Crippen LogP contribution in [0.25, 0.3) is 10.1 Å². The molecule has 2 aromatic carbocycles. The normalized spacial score (nSPS) is 10.9. The van der Waals surface area contributed by atoms with Gasteiger partial charge in [0, 0.05) is 15.8 Å². The summed E-state index contributed by atoms with van der Waals surface area (Å²) in [6.45, 7) is 2.46. The number of halogens is 1. The Morgan fingerprint density at radius 2 is 2.00 bits per heavy atom. The molecule has 0 saturated heterocycles. The summed E-state index contributed by atoms with van der Waals surface area (Å²) in [4.78, 5) is 1.05. The highest BCUT2D eigenvalue weighted by molar-refractivity contribution is 7.19. The number of anilines is 1. The van der Waals surface area contributed by atoms with Crippen LogP contribution in [0, 0.1) is 6.92 Å². The summed E-state index contributed by atoms with van der Waals surface area (Å²) in [6, 6.07) is 13.8. The fourth-order valence-electron chi connectivity index (χ4n) is 2.14. The van der Waals surface area contributed by atoms with E-state index in [0.29, 0.717) is 6.61 Å². The smallest absolute Gasteiger partial charge is 0.124 e. The van der Waals surface area contributed by atoms with Gasteiger partial charge in [-0.2, -0.15) is 0 Å². The highest BCUT2D eigenvalue weighted by atomic mass is 35.5. The Hall–Kier alpha value is -1.71. The molecule has 102 valence electrons. The number of thiophene rings is 1. The number of benzene rings is 2. The summed E-state index contributed by atoms with van der Waals surface area (Å²) in [5.74, 6) is 0.840. The lowest BCUT2D eigenvalue weighted by Gasteiger charge is -2.08. The number of ether oxygens (including phenoxy) is 1. The summed E-state index contributed by atoms with van der Waals surface area (Å²) in [5, 5.41) is 1.88. The van der Waals surface area contributed by atoms with Gasteiger partial charge in [-0.25, -0.2) is 0 Å². The summed E-state index contributed by atoms with van der Waals surface area (Å²) in [5.41, 5.74) is 7.51. The van der Waals surface area contributed by atoms with E-state index in [-0.39, 0.29) is 0 Å². The average Bonchev–Trinajstić information content (AvgIpc) is 2.75. The zero-order valence-corrected chi connectivity index (χ0v) is 12.6. The van der Waals surface area contributed by atoms with Crippen molar-refractivity contribution in [1.29, 1.82) is 0 Å². The Labute approximate surface area is 126 Å². The van der Waals surface area contributed by atoms with E-state index in [1.807, 2.05) is 43.3 Å². The molecule has 0 fully saturated rings. The van der Waals surface area contributed by atoms with Crippen LogP contribution >= 0.6 is 22.9 Å². The lowest BCUT2D eigenvalue weighted by Crippen LogP contribution is -1.96.